The van der Waals surface area contributed by atoms with E-state index in [-0.39, 0.29) is 50.7 Å². The van der Waals surface area contributed by atoms with Crippen LogP contribution < -0.4 is 43.9 Å². The van der Waals surface area contributed by atoms with Crippen LogP contribution in [0.5, 0.6) is 23.0 Å². The number of piperazine rings is 1. The summed E-state index contributed by atoms with van der Waals surface area (Å²) >= 11 is 25.0. The maximum Gasteiger partial charge on any atom is 0.182 e. The Morgan fingerprint density at radius 1 is 0.449 bits per heavy atom. The van der Waals surface area contributed by atoms with Crippen molar-refractivity contribution < 1.29 is 37.0 Å². The topological polar surface area (TPSA) is 272 Å². The average molecular weight is 1960 g/mol. The van der Waals surface area contributed by atoms with E-state index in [1.54, 1.807) is 101 Å². The van der Waals surface area contributed by atoms with Crippen LogP contribution in [0, 0.1) is 0 Å². The summed E-state index contributed by atoms with van der Waals surface area (Å²) in [6, 6.07) is 46.5. The second-order valence-electron chi connectivity index (χ2n) is 34.0. The normalized spacial score (nSPS) is 14.1. The lowest BCUT2D eigenvalue weighted by Gasteiger charge is -2.38. The number of aliphatic hydroxyl groups excluding tert-OH is 1. The standard InChI is InChI=1S/C33H41N7O3.C24H27N5O2.C23H24Cl2N6.C21H19Cl2N5O.2H2S/c1-22(43-33(2,3)4)40-21-26-12-27(40)20-38(26)10-11-39(25-13-28(41-6)16-29(14-25)42-7)24-8-9-30-31(15-24)36-32(18-34-30)23-17-35-37(5)19-23;1-5-6-9-29(19-10-20(30-3)13-21(11-19)31-4)18-7-8-22-23(12-18)27-24(15-25-22)17-14-26-28(2)16-17;1-15(2)26-6-7-31(20-9-17(24)8-18(25)10-20)19-4-5-21-22(11-19)29-23(13-27-21)16-12-28-30(3)14-16;1-27-13-14(11-25-27)21-12-24-19-4-3-17(10-20(19)26-21)28(5-2-6-29)18-8-15(22)7-16(23)9-18;;/h8-9,13-19,26-27H,1,10-12,20-21H2,2-7H3;7-8,10-16H,5-6,9H2,1-4H3;4-5,8-15,26H,6-7H2,1-3H3;3-4,7-13,29H,2,5-6H2,1H3;2*1H2/t26-,27-;;;;;/m0...../s1/i;3D3,4D3;;;;. The van der Waals surface area contributed by atoms with Gasteiger partial charge in [-0.25, -0.2) is 19.9 Å². The molecule has 0 unspecified atom stereocenters. The molecule has 2 fully saturated rings. The summed E-state index contributed by atoms with van der Waals surface area (Å²) in [5.74, 6) is 2.21. The number of hydrogen-bond donors (Lipinski definition) is 2. The van der Waals surface area contributed by atoms with E-state index < -0.39 is 14.1 Å². The molecular weight excluding hydrogens is 1840 g/mol. The van der Waals surface area contributed by atoms with Crippen LogP contribution in [0.1, 0.15) is 75.5 Å². The van der Waals surface area contributed by atoms with Crippen LogP contribution in [0.2, 0.25) is 20.1 Å². The van der Waals surface area contributed by atoms with Gasteiger partial charge in [0, 0.05) is 254 Å². The first kappa shape index (κ1) is 92.5. The number of anilines is 8. The van der Waals surface area contributed by atoms with Crippen molar-refractivity contribution in [2.75, 3.05) is 107 Å². The molecule has 8 aromatic heterocycles. The molecule has 0 aliphatic carbocycles. The fraction of sp³-hybridized carbons (Fsp3) is 0.307. The zero-order valence-electron chi connectivity index (χ0n) is 83.8. The van der Waals surface area contributed by atoms with E-state index >= 15 is 0 Å². The van der Waals surface area contributed by atoms with Gasteiger partial charge in [-0.3, -0.25) is 43.6 Å². The van der Waals surface area contributed by atoms with Gasteiger partial charge < -0.3 is 58.6 Å². The quantitative estimate of drug-likeness (QED) is 0.0382. The molecular formula is C101H115Cl4N23O6S2. The van der Waals surface area contributed by atoms with Crippen LogP contribution in [0.3, 0.4) is 0 Å². The van der Waals surface area contributed by atoms with Crippen molar-refractivity contribution in [2.45, 2.75) is 91.0 Å². The number of unbranched alkanes of at least 4 members (excludes halogenated alkanes) is 1. The van der Waals surface area contributed by atoms with Crippen LogP contribution in [-0.4, -0.2) is 205 Å². The average Bonchev–Trinajstić information content (AvgIpc) is 1.57. The number of ether oxygens (including phenoxy) is 5. The second-order valence-corrected chi connectivity index (χ2v) is 35.7. The van der Waals surface area contributed by atoms with Crippen LogP contribution in [0.4, 0.5) is 45.5 Å². The number of hydrogen-bond acceptors (Lipinski definition) is 25. The highest BCUT2D eigenvalue weighted by atomic mass is 35.5. The molecule has 0 radical (unpaired) electrons. The highest BCUT2D eigenvalue weighted by Crippen LogP contribution is 2.42. The minimum Gasteiger partial charge on any atom is -0.497 e. The SMILES string of the molecule is C=C(OC(C)(C)C)N1C[C@@H]2C[C@H]1CN2CCN(c1cc(OC)cc(OC)c1)c1ccc2ncc(-c3cnn(C)c3)nc2c1.CC(C)NCCN(c1cc(Cl)cc(Cl)c1)c1ccc2ncc(-c3cnn(C)c3)nc2c1.Cn1cc(-c2cnc3ccc(N(CCCO)c4cc(Cl)cc(Cl)c4)cc3n2)cn1.S.S.[2H]C([2H])([2H])Oc1cc(OC([2H])([2H])[2H])cc(N(CCCC)c2ccc3ncc(-c4cnn(C)c4)nc3c2)c1. The molecule has 0 spiro atoms. The van der Waals surface area contributed by atoms with Crippen molar-refractivity contribution >= 4 is 163 Å². The third-order valence-corrected chi connectivity index (χ3v) is 23.5. The number of aliphatic hydroxyl groups is 1. The first-order valence-corrected chi connectivity index (χ1v) is 45.5. The van der Waals surface area contributed by atoms with Crippen LogP contribution >= 0.6 is 73.4 Å². The second kappa shape index (κ2) is 45.9. The fourth-order valence-electron chi connectivity index (χ4n) is 16.2. The van der Waals surface area contributed by atoms with Gasteiger partial charge in [-0.2, -0.15) is 47.4 Å². The van der Waals surface area contributed by atoms with Crippen LogP contribution in [0.25, 0.3) is 89.2 Å². The molecule has 35 heteroatoms. The number of aromatic nitrogens is 16. The highest BCUT2D eigenvalue weighted by molar-refractivity contribution is 7.59. The van der Waals surface area contributed by atoms with Crippen molar-refractivity contribution in [3.05, 3.63) is 253 Å². The molecule has 136 heavy (non-hydrogen) atoms. The van der Waals surface area contributed by atoms with Crippen molar-refractivity contribution in [2.24, 2.45) is 28.2 Å². The number of rotatable bonds is 31. The number of likely N-dealkylation sites (tertiary alicyclic amines) is 2. The summed E-state index contributed by atoms with van der Waals surface area (Å²) in [4.78, 5) is 51.1. The third kappa shape index (κ3) is 25.4. The van der Waals surface area contributed by atoms with Gasteiger partial charge in [-0.1, -0.05) is 73.6 Å². The van der Waals surface area contributed by atoms with E-state index in [4.69, 9.17) is 98.2 Å². The van der Waals surface area contributed by atoms with E-state index in [0.29, 0.717) is 80.1 Å². The highest BCUT2D eigenvalue weighted by Gasteiger charge is 2.44. The molecule has 18 rings (SSSR count). The minimum atomic E-state index is -2.72. The number of halogens is 4. The molecule has 710 valence electrons. The van der Waals surface area contributed by atoms with E-state index in [0.717, 1.165) is 188 Å². The molecule has 10 heterocycles. The first-order chi connectivity index (χ1) is 66.9. The van der Waals surface area contributed by atoms with Crippen molar-refractivity contribution in [1.29, 1.82) is 0 Å². The maximum absolute atomic E-state index is 9.35. The number of nitrogens with one attached hydrogen (secondary N) is 1. The van der Waals surface area contributed by atoms with Gasteiger partial charge in [-0.15, -0.1) is 0 Å². The van der Waals surface area contributed by atoms with Crippen LogP contribution in [-0.2, 0) is 32.9 Å². The Hall–Kier alpha value is -12.6. The van der Waals surface area contributed by atoms with E-state index in [1.807, 2.05) is 155 Å². The molecule has 2 atom stereocenters. The zero-order valence-corrected chi connectivity index (χ0v) is 82.8. The lowest BCUT2D eigenvalue weighted by atomic mass is 10.1. The summed E-state index contributed by atoms with van der Waals surface area (Å²) in [5, 5.41) is 32.1. The Morgan fingerprint density at radius 3 is 1.10 bits per heavy atom. The number of fused-ring (bicyclic) bond motifs is 6. The summed E-state index contributed by atoms with van der Waals surface area (Å²) in [6.07, 6.45) is 25.2. The summed E-state index contributed by atoms with van der Waals surface area (Å²) < 4.78 is 79.4. The number of nitrogens with zero attached hydrogens (tertiary/aromatic N) is 22. The molecule has 2 N–H and O–H groups in total. The molecule has 2 saturated heterocycles. The summed E-state index contributed by atoms with van der Waals surface area (Å²) in [6.45, 7) is 23.2. The van der Waals surface area contributed by atoms with E-state index in [1.165, 1.54) is 6.07 Å². The smallest absolute Gasteiger partial charge is 0.182 e. The minimum absolute atomic E-state index is 0. The number of benzene rings is 8. The molecule has 2 bridgehead atoms. The summed E-state index contributed by atoms with van der Waals surface area (Å²) in [7, 11) is 5.40. The largest absolute Gasteiger partial charge is 0.497 e. The molecule has 29 nitrogen and oxygen atoms in total. The molecule has 8 aromatic carbocycles. The van der Waals surface area contributed by atoms with Crippen LogP contribution in [0.15, 0.2) is 232 Å². The molecule has 16 aromatic rings. The molecule has 0 saturated carbocycles. The Kier molecular flexibility index (Phi) is 31.2. The summed E-state index contributed by atoms with van der Waals surface area (Å²) in [5.41, 5.74) is 19.6. The Bertz CT molecular complexity index is 6960. The lowest BCUT2D eigenvalue weighted by molar-refractivity contribution is -0.0116. The van der Waals surface area contributed by atoms with Gasteiger partial charge in [0.2, 0.25) is 0 Å². The van der Waals surface area contributed by atoms with Crippen molar-refractivity contribution in [3.63, 3.8) is 0 Å². The van der Waals surface area contributed by atoms with Gasteiger partial charge in [0.1, 0.15) is 28.6 Å². The van der Waals surface area contributed by atoms with Gasteiger partial charge in [0.15, 0.2) is 5.88 Å². The van der Waals surface area contributed by atoms with Gasteiger partial charge in [0.25, 0.3) is 0 Å². The predicted octanol–water partition coefficient (Wildman–Crippen LogP) is 20.8. The fourth-order valence-corrected chi connectivity index (χ4v) is 17.2. The lowest BCUT2D eigenvalue weighted by Crippen LogP contribution is -2.48. The van der Waals surface area contributed by atoms with Crippen molar-refractivity contribution in [3.8, 4) is 68.0 Å². The zero-order chi connectivity index (χ0) is 99.4. The Balaban J connectivity index is 0.000000160. The maximum atomic E-state index is 9.35. The van der Waals surface area contributed by atoms with E-state index in [2.05, 4.69) is 143 Å². The third-order valence-electron chi connectivity index (χ3n) is 22.6. The predicted molar refractivity (Wildman–Crippen MR) is 558 cm³/mol. The van der Waals surface area contributed by atoms with Gasteiger partial charge in [-0.05, 0) is 156 Å². The van der Waals surface area contributed by atoms with Gasteiger partial charge >= 0.3 is 0 Å². The Labute approximate surface area is 835 Å². The van der Waals surface area contributed by atoms with Gasteiger partial charge in [0.05, 0.1) is 153 Å². The number of aryl methyl sites for hydroxylation is 4. The molecule has 2 aliphatic heterocycles. The number of methoxy groups -OCH3 is 4. The first-order valence-electron chi connectivity index (χ1n) is 47.0. The molecule has 0 amide bonds. The monoisotopic (exact) mass is 1960 g/mol. The molecule has 2 aliphatic rings. The van der Waals surface area contributed by atoms with E-state index in [9.17, 15) is 5.11 Å². The van der Waals surface area contributed by atoms with Crippen molar-refractivity contribution in [1.82, 2.24) is 94.1 Å². The Morgan fingerprint density at radius 2 is 0.794 bits per heavy atom.